The largest absolute Gasteiger partial charge is 0.509 e. The Bertz CT molecular complexity index is 1060. The van der Waals surface area contributed by atoms with Gasteiger partial charge in [0.15, 0.2) is 0 Å². The fourth-order valence-corrected chi connectivity index (χ4v) is 3.79. The molecule has 3 aromatic rings. The van der Waals surface area contributed by atoms with Crippen LogP contribution in [0.3, 0.4) is 0 Å². The van der Waals surface area contributed by atoms with Crippen molar-refractivity contribution in [3.8, 4) is 22.6 Å². The average Bonchev–Trinajstić information content (AvgIpc) is 2.77. The summed E-state index contributed by atoms with van der Waals surface area (Å²) in [5, 5.41) is 9.27. The molecule has 0 amide bonds. The maximum absolute atomic E-state index is 13.4. The van der Waals surface area contributed by atoms with Crippen LogP contribution in [0.5, 0.6) is 11.5 Å². The molecular weight excluding hydrogens is 403 g/mol. The monoisotopic (exact) mass is 434 g/mol. The Morgan fingerprint density at radius 1 is 1.06 bits per heavy atom. The van der Waals surface area contributed by atoms with E-state index in [1.165, 1.54) is 12.1 Å². The van der Waals surface area contributed by atoms with Crippen LogP contribution in [-0.2, 0) is 0 Å². The third-order valence-corrected chi connectivity index (χ3v) is 5.52. The molecule has 0 radical (unpaired) electrons. The molecule has 0 heterocycles. The normalized spacial score (nSPS) is 11.8. The number of unbranched alkanes of at least 4 members (excludes halogenated alkanes) is 1. The number of rotatable bonds is 10. The van der Waals surface area contributed by atoms with Crippen LogP contribution >= 0.6 is 0 Å². The van der Waals surface area contributed by atoms with Gasteiger partial charge in [0, 0.05) is 0 Å². The second-order valence-corrected chi connectivity index (χ2v) is 8.06. The standard InChI is InChI=1S/C28H31FO3/c1-5-6-10-28(32-24-15-16-27(19(2)17-24)31-18-20(3)30)26-9-7-8-25(21(26)4)22-11-13-23(29)14-12-22/h7-9,11-17,28,30H,3,5-6,10,18H2,1-2,4H3. The summed E-state index contributed by atoms with van der Waals surface area (Å²) in [6, 6.07) is 18.5. The van der Waals surface area contributed by atoms with Crippen LogP contribution in [0, 0.1) is 19.7 Å². The number of aliphatic hydroxyl groups is 1. The molecule has 3 aromatic carbocycles. The van der Waals surface area contributed by atoms with Crippen molar-refractivity contribution in [2.24, 2.45) is 0 Å². The molecule has 3 rings (SSSR count). The average molecular weight is 435 g/mol. The van der Waals surface area contributed by atoms with Crippen molar-refractivity contribution in [2.45, 2.75) is 46.1 Å². The molecule has 0 spiro atoms. The Balaban J connectivity index is 1.88. The number of aryl methyl sites for hydroxylation is 1. The lowest BCUT2D eigenvalue weighted by Crippen LogP contribution is -2.10. The van der Waals surface area contributed by atoms with Crippen LogP contribution in [-0.4, -0.2) is 11.7 Å². The second kappa shape index (κ2) is 10.9. The summed E-state index contributed by atoms with van der Waals surface area (Å²) in [5.41, 5.74) is 5.27. The Labute approximate surface area is 190 Å². The molecule has 0 bridgehead atoms. The molecule has 3 nitrogen and oxygen atoms in total. The maximum atomic E-state index is 13.4. The van der Waals surface area contributed by atoms with Crippen LogP contribution in [0.1, 0.15) is 49.0 Å². The van der Waals surface area contributed by atoms with Crippen molar-refractivity contribution >= 4 is 0 Å². The number of hydrogen-bond donors (Lipinski definition) is 1. The number of hydrogen-bond acceptors (Lipinski definition) is 3. The summed E-state index contributed by atoms with van der Waals surface area (Å²) < 4.78 is 25.4. The molecule has 0 aliphatic heterocycles. The zero-order chi connectivity index (χ0) is 23.1. The van der Waals surface area contributed by atoms with E-state index in [1.54, 1.807) is 0 Å². The highest BCUT2D eigenvalue weighted by molar-refractivity contribution is 5.68. The van der Waals surface area contributed by atoms with Gasteiger partial charge in [0.25, 0.3) is 0 Å². The Morgan fingerprint density at radius 2 is 1.81 bits per heavy atom. The van der Waals surface area contributed by atoms with Crippen LogP contribution in [0.25, 0.3) is 11.1 Å². The second-order valence-electron chi connectivity index (χ2n) is 8.06. The van der Waals surface area contributed by atoms with Gasteiger partial charge in [-0.15, -0.1) is 0 Å². The van der Waals surface area contributed by atoms with Gasteiger partial charge in [-0.1, -0.05) is 50.3 Å². The molecule has 0 aliphatic carbocycles. The molecule has 1 atom stereocenters. The highest BCUT2D eigenvalue weighted by Crippen LogP contribution is 2.35. The smallest absolute Gasteiger partial charge is 0.144 e. The SMILES string of the molecule is C=C(O)COc1ccc(OC(CCCC)c2cccc(-c3ccc(F)cc3)c2C)cc1C. The molecule has 1 unspecified atom stereocenters. The van der Waals surface area contributed by atoms with E-state index in [0.717, 1.165) is 52.8 Å². The summed E-state index contributed by atoms with van der Waals surface area (Å²) in [6.07, 6.45) is 2.92. The number of aliphatic hydroxyl groups excluding tert-OH is 1. The van der Waals surface area contributed by atoms with E-state index in [4.69, 9.17) is 9.47 Å². The van der Waals surface area contributed by atoms with E-state index in [-0.39, 0.29) is 24.3 Å². The first-order valence-electron chi connectivity index (χ1n) is 11.0. The van der Waals surface area contributed by atoms with Crippen molar-refractivity contribution in [1.82, 2.24) is 0 Å². The molecule has 0 aliphatic rings. The summed E-state index contributed by atoms with van der Waals surface area (Å²) in [6.45, 7) is 9.73. The first kappa shape index (κ1) is 23.4. The van der Waals surface area contributed by atoms with Gasteiger partial charge in [-0.2, -0.15) is 0 Å². The van der Waals surface area contributed by atoms with Gasteiger partial charge in [-0.3, -0.25) is 0 Å². The Hall–Kier alpha value is -3.27. The lowest BCUT2D eigenvalue weighted by Gasteiger charge is -2.23. The molecule has 168 valence electrons. The minimum atomic E-state index is -0.238. The molecule has 1 N–H and O–H groups in total. The molecule has 0 fully saturated rings. The van der Waals surface area contributed by atoms with Crippen molar-refractivity contribution in [1.29, 1.82) is 0 Å². The highest BCUT2D eigenvalue weighted by atomic mass is 19.1. The lowest BCUT2D eigenvalue weighted by atomic mass is 9.92. The minimum Gasteiger partial charge on any atom is -0.509 e. The minimum absolute atomic E-state index is 0.0131. The van der Waals surface area contributed by atoms with Crippen molar-refractivity contribution in [2.75, 3.05) is 6.61 Å². The van der Waals surface area contributed by atoms with Gasteiger partial charge >= 0.3 is 0 Å². The molecule has 0 aromatic heterocycles. The zero-order valence-electron chi connectivity index (χ0n) is 19.0. The predicted octanol–water partition coefficient (Wildman–Crippen LogP) is 7.87. The predicted molar refractivity (Wildman–Crippen MR) is 128 cm³/mol. The Morgan fingerprint density at radius 3 is 2.47 bits per heavy atom. The van der Waals surface area contributed by atoms with Crippen LogP contribution in [0.2, 0.25) is 0 Å². The Kier molecular flexibility index (Phi) is 7.93. The third kappa shape index (κ3) is 5.91. The fourth-order valence-electron chi connectivity index (χ4n) is 3.79. The number of benzene rings is 3. The lowest BCUT2D eigenvalue weighted by molar-refractivity contribution is 0.190. The van der Waals surface area contributed by atoms with Gasteiger partial charge in [-0.05, 0) is 84.8 Å². The van der Waals surface area contributed by atoms with E-state index >= 15 is 0 Å². The van der Waals surface area contributed by atoms with Gasteiger partial charge in [0.05, 0.1) is 0 Å². The third-order valence-electron chi connectivity index (χ3n) is 5.52. The number of halogens is 1. The van der Waals surface area contributed by atoms with Gasteiger partial charge < -0.3 is 14.6 Å². The summed E-state index contributed by atoms with van der Waals surface area (Å²) in [7, 11) is 0. The van der Waals surface area contributed by atoms with Crippen LogP contribution < -0.4 is 9.47 Å². The first-order valence-corrected chi connectivity index (χ1v) is 11.0. The molecular formula is C28H31FO3. The van der Waals surface area contributed by atoms with E-state index in [1.807, 2.05) is 43.3 Å². The number of ether oxygens (including phenoxy) is 2. The van der Waals surface area contributed by atoms with E-state index in [9.17, 15) is 9.50 Å². The van der Waals surface area contributed by atoms with Crippen molar-refractivity contribution in [3.63, 3.8) is 0 Å². The zero-order valence-corrected chi connectivity index (χ0v) is 19.0. The molecule has 0 saturated heterocycles. The van der Waals surface area contributed by atoms with E-state index < -0.39 is 0 Å². The van der Waals surface area contributed by atoms with Crippen molar-refractivity contribution < 1.29 is 19.0 Å². The van der Waals surface area contributed by atoms with E-state index in [0.29, 0.717) is 5.75 Å². The van der Waals surface area contributed by atoms with Gasteiger partial charge in [-0.25, -0.2) is 4.39 Å². The molecule has 32 heavy (non-hydrogen) atoms. The quantitative estimate of drug-likeness (QED) is 0.330. The summed E-state index contributed by atoms with van der Waals surface area (Å²) in [5.74, 6) is 1.20. The van der Waals surface area contributed by atoms with Gasteiger partial charge in [0.1, 0.15) is 35.8 Å². The summed E-state index contributed by atoms with van der Waals surface area (Å²) >= 11 is 0. The maximum Gasteiger partial charge on any atom is 0.144 e. The molecule has 0 saturated carbocycles. The van der Waals surface area contributed by atoms with Crippen LogP contribution in [0.4, 0.5) is 4.39 Å². The topological polar surface area (TPSA) is 38.7 Å². The highest BCUT2D eigenvalue weighted by Gasteiger charge is 2.18. The summed E-state index contributed by atoms with van der Waals surface area (Å²) in [4.78, 5) is 0. The van der Waals surface area contributed by atoms with E-state index in [2.05, 4.69) is 32.6 Å². The van der Waals surface area contributed by atoms with Crippen molar-refractivity contribution in [3.05, 3.63) is 95.5 Å². The fraction of sp³-hybridized carbons (Fsp3) is 0.286. The first-order chi connectivity index (χ1) is 15.4. The van der Waals surface area contributed by atoms with Gasteiger partial charge in [0.2, 0.25) is 0 Å². The van der Waals surface area contributed by atoms with Crippen LogP contribution in [0.15, 0.2) is 73.0 Å². The molecule has 4 heteroatoms.